The van der Waals surface area contributed by atoms with Gasteiger partial charge in [-0.25, -0.2) is 4.79 Å². The van der Waals surface area contributed by atoms with Crippen molar-refractivity contribution in [3.63, 3.8) is 0 Å². The van der Waals surface area contributed by atoms with Crippen molar-refractivity contribution in [3.05, 3.63) is 23.8 Å². The highest BCUT2D eigenvalue weighted by Gasteiger charge is 2.25. The van der Waals surface area contributed by atoms with Gasteiger partial charge >= 0.3 is 6.03 Å². The molecule has 3 atom stereocenters. The van der Waals surface area contributed by atoms with E-state index in [1.165, 1.54) is 0 Å². The van der Waals surface area contributed by atoms with Gasteiger partial charge in [0.2, 0.25) is 0 Å². The highest BCUT2D eigenvalue weighted by Crippen LogP contribution is 2.27. The van der Waals surface area contributed by atoms with Crippen LogP contribution in [0, 0.1) is 0 Å². The molecule has 3 rings (SSSR count). The van der Waals surface area contributed by atoms with E-state index in [0.717, 1.165) is 36.4 Å². The van der Waals surface area contributed by atoms with Crippen LogP contribution < -0.4 is 37.1 Å². The lowest BCUT2D eigenvalue weighted by molar-refractivity contribution is 0.194. The van der Waals surface area contributed by atoms with Crippen LogP contribution in [0.2, 0.25) is 0 Å². The minimum atomic E-state index is -0.304. The Hall–Kier alpha value is -1.87. The third kappa shape index (κ3) is 4.35. The number of fused-ring (bicyclic) bond motifs is 1. The maximum atomic E-state index is 12.2. The summed E-state index contributed by atoms with van der Waals surface area (Å²) in [4.78, 5) is 12.2. The molecule has 0 radical (unpaired) electrons. The molecule has 132 valence electrons. The molecule has 1 aromatic rings. The second kappa shape index (κ2) is 7.80. The molecule has 24 heavy (non-hydrogen) atoms. The Kier molecular flexibility index (Phi) is 5.52. The average Bonchev–Trinajstić information content (AvgIpc) is 3.00. The van der Waals surface area contributed by atoms with Gasteiger partial charge in [0.05, 0.1) is 12.8 Å². The summed E-state index contributed by atoms with van der Waals surface area (Å²) in [7, 11) is 0. The number of urea groups is 1. The van der Waals surface area contributed by atoms with Crippen LogP contribution in [0.15, 0.2) is 18.2 Å². The van der Waals surface area contributed by atoms with E-state index in [-0.39, 0.29) is 24.5 Å². The first-order chi connectivity index (χ1) is 11.6. The highest BCUT2D eigenvalue weighted by molar-refractivity contribution is 5.89. The van der Waals surface area contributed by atoms with Gasteiger partial charge < -0.3 is 26.4 Å². The lowest BCUT2D eigenvalue weighted by Gasteiger charge is -2.36. The molecule has 2 heterocycles. The van der Waals surface area contributed by atoms with Crippen molar-refractivity contribution < 1.29 is 9.53 Å². The van der Waals surface area contributed by atoms with E-state index in [9.17, 15) is 4.79 Å². The van der Waals surface area contributed by atoms with E-state index in [2.05, 4.69) is 33.5 Å². The molecule has 1 aromatic carbocycles. The summed E-state index contributed by atoms with van der Waals surface area (Å²) in [6.45, 7) is 4.11. The Bertz CT molecular complexity index is 582. The Morgan fingerprint density at radius 1 is 1.42 bits per heavy atom. The monoisotopic (exact) mass is 334 g/mol. The number of carbonyl (C=O) groups excluding carboxylic acids is 1. The summed E-state index contributed by atoms with van der Waals surface area (Å²) in [5, 5.41) is 15.7. The Morgan fingerprint density at radius 2 is 2.29 bits per heavy atom. The van der Waals surface area contributed by atoms with E-state index in [1.807, 2.05) is 18.2 Å². The van der Waals surface area contributed by atoms with Crippen molar-refractivity contribution in [1.29, 1.82) is 0 Å². The number of anilines is 1. The maximum absolute atomic E-state index is 12.2. The van der Waals surface area contributed by atoms with Crippen LogP contribution in [0.1, 0.15) is 18.9 Å². The van der Waals surface area contributed by atoms with Crippen LogP contribution in [-0.2, 0) is 6.42 Å². The van der Waals surface area contributed by atoms with Crippen molar-refractivity contribution in [2.75, 3.05) is 25.0 Å². The fraction of sp³-hybridized carbons (Fsp3) is 0.562. The van der Waals surface area contributed by atoms with Gasteiger partial charge in [0.1, 0.15) is 12.0 Å². The lowest BCUT2D eigenvalue weighted by Crippen LogP contribution is -2.68. The molecule has 0 spiro atoms. The van der Waals surface area contributed by atoms with E-state index in [4.69, 9.17) is 10.5 Å². The quantitative estimate of drug-likeness (QED) is 0.447. The van der Waals surface area contributed by atoms with E-state index < -0.39 is 0 Å². The smallest absolute Gasteiger partial charge is 0.321 e. The standard InChI is InChI=1S/C16H26N6O2/c1-10-8-14(18-6-5-17)21-15(19-10)22-16(23)20-12-2-3-13-11(9-12)4-7-24-13/h2-3,9-10,14-15,18-19,21H,4-8,17H2,1H3,(H2,20,22,23). The molecule has 8 nitrogen and oxygen atoms in total. The number of ether oxygens (including phenoxy) is 1. The fourth-order valence-corrected chi connectivity index (χ4v) is 3.07. The van der Waals surface area contributed by atoms with Crippen molar-refractivity contribution in [3.8, 4) is 5.75 Å². The molecule has 0 aliphatic carbocycles. The molecule has 0 aromatic heterocycles. The van der Waals surface area contributed by atoms with Crippen molar-refractivity contribution in [2.45, 2.75) is 38.3 Å². The average molecular weight is 334 g/mol. The summed E-state index contributed by atoms with van der Waals surface area (Å²) < 4.78 is 5.47. The highest BCUT2D eigenvalue weighted by atomic mass is 16.5. The molecule has 0 saturated carbocycles. The van der Waals surface area contributed by atoms with Gasteiger partial charge in [-0.3, -0.25) is 10.6 Å². The fourth-order valence-electron chi connectivity index (χ4n) is 3.07. The second-order valence-corrected chi connectivity index (χ2v) is 6.22. The molecule has 2 amide bonds. The van der Waals surface area contributed by atoms with E-state index in [0.29, 0.717) is 13.2 Å². The summed E-state index contributed by atoms with van der Waals surface area (Å²) in [6, 6.07) is 5.72. The molecule has 1 fully saturated rings. The predicted molar refractivity (Wildman–Crippen MR) is 92.8 cm³/mol. The molecule has 8 heteroatoms. The molecular weight excluding hydrogens is 308 g/mol. The van der Waals surface area contributed by atoms with E-state index >= 15 is 0 Å². The zero-order valence-electron chi connectivity index (χ0n) is 13.9. The maximum Gasteiger partial charge on any atom is 0.321 e. The van der Waals surface area contributed by atoms with E-state index in [1.54, 1.807) is 0 Å². The number of nitrogens with one attached hydrogen (secondary N) is 5. The summed E-state index contributed by atoms with van der Waals surface area (Å²) in [6.07, 6.45) is 1.61. The Balaban J connectivity index is 1.52. The van der Waals surface area contributed by atoms with Crippen LogP contribution in [-0.4, -0.2) is 44.2 Å². The number of carbonyl (C=O) groups is 1. The van der Waals surface area contributed by atoms with Gasteiger partial charge in [-0.05, 0) is 37.1 Å². The van der Waals surface area contributed by atoms with Gasteiger partial charge in [0.15, 0.2) is 0 Å². The van der Waals surface area contributed by atoms with Crippen molar-refractivity contribution >= 4 is 11.7 Å². The van der Waals surface area contributed by atoms with Gasteiger partial charge in [0, 0.05) is 31.2 Å². The van der Waals surface area contributed by atoms with Gasteiger partial charge in [0.25, 0.3) is 0 Å². The summed E-state index contributed by atoms with van der Waals surface area (Å²) in [5.74, 6) is 0.902. The minimum absolute atomic E-state index is 0.118. The molecule has 2 aliphatic heterocycles. The zero-order chi connectivity index (χ0) is 16.9. The number of rotatable bonds is 5. The van der Waals surface area contributed by atoms with Gasteiger partial charge in [-0.15, -0.1) is 0 Å². The number of benzene rings is 1. The van der Waals surface area contributed by atoms with Crippen LogP contribution >= 0.6 is 0 Å². The third-order valence-electron chi connectivity index (χ3n) is 4.17. The molecule has 7 N–H and O–H groups in total. The number of amides is 2. The third-order valence-corrected chi connectivity index (χ3v) is 4.17. The SMILES string of the molecule is CC1CC(NCCN)NC(NC(=O)Nc2ccc3c(c2)CCO3)N1. The minimum Gasteiger partial charge on any atom is -0.493 e. The Morgan fingerprint density at radius 3 is 3.12 bits per heavy atom. The lowest BCUT2D eigenvalue weighted by atomic mass is 10.1. The van der Waals surface area contributed by atoms with Crippen LogP contribution in [0.5, 0.6) is 5.75 Å². The normalized spacial score (nSPS) is 25.7. The number of hydrogen-bond acceptors (Lipinski definition) is 6. The predicted octanol–water partition coefficient (Wildman–Crippen LogP) is -0.128. The first kappa shape index (κ1) is 17.0. The Labute approximate surface area is 141 Å². The van der Waals surface area contributed by atoms with Crippen LogP contribution in [0.4, 0.5) is 10.5 Å². The zero-order valence-corrected chi connectivity index (χ0v) is 13.9. The number of nitrogens with two attached hydrogens (primary N) is 1. The van der Waals surface area contributed by atoms with Crippen molar-refractivity contribution in [2.24, 2.45) is 5.73 Å². The van der Waals surface area contributed by atoms with Crippen LogP contribution in [0.25, 0.3) is 0 Å². The molecule has 3 unspecified atom stereocenters. The summed E-state index contributed by atoms with van der Waals surface area (Å²) in [5.41, 5.74) is 7.41. The summed E-state index contributed by atoms with van der Waals surface area (Å²) >= 11 is 0. The van der Waals surface area contributed by atoms with Crippen molar-refractivity contribution in [1.82, 2.24) is 21.3 Å². The molecule has 0 bridgehead atoms. The second-order valence-electron chi connectivity index (χ2n) is 6.22. The topological polar surface area (TPSA) is 112 Å². The van der Waals surface area contributed by atoms with Gasteiger partial charge in [-0.2, -0.15) is 0 Å². The molecular formula is C16H26N6O2. The largest absolute Gasteiger partial charge is 0.493 e. The van der Waals surface area contributed by atoms with Gasteiger partial charge in [-0.1, -0.05) is 0 Å². The molecule has 2 aliphatic rings. The first-order valence-corrected chi connectivity index (χ1v) is 8.43. The van der Waals surface area contributed by atoms with Crippen LogP contribution in [0.3, 0.4) is 0 Å². The first-order valence-electron chi connectivity index (χ1n) is 8.43. The number of hydrogen-bond donors (Lipinski definition) is 6. The molecule has 1 saturated heterocycles.